The third-order valence-corrected chi connectivity index (χ3v) is 5.03. The van der Waals surface area contributed by atoms with Gasteiger partial charge in [-0.2, -0.15) is 0 Å². The maximum Gasteiger partial charge on any atom is 0.408 e. The molecule has 1 amide bonds. The molecule has 2 N–H and O–H groups in total. The van der Waals surface area contributed by atoms with Gasteiger partial charge in [0.25, 0.3) is 0 Å². The van der Waals surface area contributed by atoms with E-state index in [0.717, 1.165) is 16.5 Å². The normalized spacial score (nSPS) is 11.8. The van der Waals surface area contributed by atoms with Crippen molar-refractivity contribution in [3.63, 3.8) is 0 Å². The molecule has 0 aliphatic heterocycles. The van der Waals surface area contributed by atoms with Crippen molar-refractivity contribution >= 4 is 23.0 Å². The van der Waals surface area contributed by atoms with E-state index in [9.17, 15) is 23.5 Å². The quantitative estimate of drug-likeness (QED) is 0.398. The van der Waals surface area contributed by atoms with Crippen molar-refractivity contribution in [3.05, 3.63) is 95.8 Å². The fourth-order valence-corrected chi connectivity index (χ4v) is 3.37. The lowest BCUT2D eigenvalue weighted by molar-refractivity contribution is -0.139. The third kappa shape index (κ3) is 5.54. The predicted molar refractivity (Wildman–Crippen MR) is 116 cm³/mol. The highest BCUT2D eigenvalue weighted by molar-refractivity contribution is 5.84. The van der Waals surface area contributed by atoms with E-state index < -0.39 is 23.9 Å². The second kappa shape index (κ2) is 9.52. The van der Waals surface area contributed by atoms with Crippen LogP contribution in [0.25, 0.3) is 22.1 Å². The van der Waals surface area contributed by atoms with Crippen molar-refractivity contribution in [1.82, 2.24) is 5.32 Å². The molecule has 0 saturated carbocycles. The number of nitrogens with one attached hydrogen (secondary N) is 1. The molecule has 1 heterocycles. The van der Waals surface area contributed by atoms with Crippen LogP contribution in [0.3, 0.4) is 0 Å². The van der Waals surface area contributed by atoms with Crippen LogP contribution in [-0.4, -0.2) is 23.2 Å². The Morgan fingerprint density at radius 3 is 2.21 bits per heavy atom. The molecule has 1 aromatic heterocycles. The van der Waals surface area contributed by atoms with E-state index in [0.29, 0.717) is 16.9 Å². The van der Waals surface area contributed by atoms with Gasteiger partial charge in [-0.25, -0.2) is 18.4 Å². The molecule has 0 unspecified atom stereocenters. The molecule has 4 aromatic rings. The van der Waals surface area contributed by atoms with E-state index in [4.69, 9.17) is 9.15 Å². The first kappa shape index (κ1) is 22.0. The van der Waals surface area contributed by atoms with Crippen LogP contribution in [0.15, 0.2) is 77.2 Å². The van der Waals surface area contributed by atoms with Gasteiger partial charge in [-0.15, -0.1) is 0 Å². The summed E-state index contributed by atoms with van der Waals surface area (Å²) in [7, 11) is 0. The number of halogens is 2. The lowest BCUT2D eigenvalue weighted by atomic mass is 10.0. The largest absolute Gasteiger partial charge is 0.480 e. The fourth-order valence-electron chi connectivity index (χ4n) is 3.37. The monoisotopic (exact) mass is 451 g/mol. The van der Waals surface area contributed by atoms with Gasteiger partial charge < -0.3 is 19.6 Å². The first-order chi connectivity index (χ1) is 15.9. The van der Waals surface area contributed by atoms with Gasteiger partial charge in [0.05, 0.1) is 0 Å². The van der Waals surface area contributed by atoms with Gasteiger partial charge in [-0.1, -0.05) is 30.3 Å². The number of aliphatic carboxylic acids is 1. The van der Waals surface area contributed by atoms with Crippen LogP contribution in [0.2, 0.25) is 0 Å². The number of benzene rings is 3. The van der Waals surface area contributed by atoms with E-state index >= 15 is 0 Å². The van der Waals surface area contributed by atoms with Crippen molar-refractivity contribution in [1.29, 1.82) is 0 Å². The Balaban J connectivity index is 1.38. The maximum absolute atomic E-state index is 13.1. The second-order valence-electron chi connectivity index (χ2n) is 7.41. The van der Waals surface area contributed by atoms with Gasteiger partial charge in [-0.05, 0) is 59.2 Å². The lowest BCUT2D eigenvalue weighted by Gasteiger charge is -2.14. The summed E-state index contributed by atoms with van der Waals surface area (Å²) < 4.78 is 37.0. The first-order valence-corrected chi connectivity index (χ1v) is 10.1. The Hall–Kier alpha value is -4.20. The summed E-state index contributed by atoms with van der Waals surface area (Å²) >= 11 is 0. The molecule has 0 bridgehead atoms. The minimum absolute atomic E-state index is 0.0263. The van der Waals surface area contributed by atoms with E-state index in [-0.39, 0.29) is 18.8 Å². The molecule has 1 atom stereocenters. The van der Waals surface area contributed by atoms with Gasteiger partial charge in [0.1, 0.15) is 29.0 Å². The zero-order valence-electron chi connectivity index (χ0n) is 17.3. The van der Waals surface area contributed by atoms with Gasteiger partial charge in [0.15, 0.2) is 6.61 Å². The number of ether oxygens (including phenoxy) is 1. The standard InChI is InChI=1S/C25H19F2NO5/c26-19-6-1-15(2-7-19)11-22(24(29)30)28-25(31)32-14-21-13-18-12-17(5-10-23(18)33-21)16-3-8-20(27)9-4-16/h1-10,12-13,22H,11,14H2,(H,28,31)(H,29,30)/t22-/m0/s1. The Morgan fingerprint density at radius 1 is 0.909 bits per heavy atom. The molecule has 3 aromatic carbocycles. The molecule has 0 aliphatic rings. The Kier molecular flexibility index (Phi) is 6.35. The van der Waals surface area contributed by atoms with E-state index in [1.54, 1.807) is 24.3 Å². The highest BCUT2D eigenvalue weighted by atomic mass is 19.1. The summed E-state index contributed by atoms with van der Waals surface area (Å²) in [5.41, 5.74) is 2.86. The van der Waals surface area contributed by atoms with Crippen LogP contribution < -0.4 is 5.32 Å². The molecule has 33 heavy (non-hydrogen) atoms. The van der Waals surface area contributed by atoms with Crippen molar-refractivity contribution < 1.29 is 32.6 Å². The van der Waals surface area contributed by atoms with Crippen LogP contribution in [0.5, 0.6) is 0 Å². The number of fused-ring (bicyclic) bond motifs is 1. The fraction of sp³-hybridized carbons (Fsp3) is 0.120. The summed E-state index contributed by atoms with van der Waals surface area (Å²) in [4.78, 5) is 23.6. The zero-order valence-corrected chi connectivity index (χ0v) is 17.3. The topological polar surface area (TPSA) is 88.8 Å². The zero-order chi connectivity index (χ0) is 23.4. The van der Waals surface area contributed by atoms with Crippen molar-refractivity contribution in [2.75, 3.05) is 0 Å². The van der Waals surface area contributed by atoms with Crippen LogP contribution >= 0.6 is 0 Å². The average molecular weight is 451 g/mol. The lowest BCUT2D eigenvalue weighted by Crippen LogP contribution is -2.42. The van der Waals surface area contributed by atoms with Crippen LogP contribution in [0.1, 0.15) is 11.3 Å². The van der Waals surface area contributed by atoms with Crippen molar-refractivity contribution in [2.45, 2.75) is 19.1 Å². The molecule has 0 fully saturated rings. The molecule has 168 valence electrons. The summed E-state index contributed by atoms with van der Waals surface area (Å²) in [5, 5.41) is 12.4. The molecule has 0 radical (unpaired) electrons. The van der Waals surface area contributed by atoms with Crippen LogP contribution in [0.4, 0.5) is 13.6 Å². The number of alkyl carbamates (subject to hydrolysis) is 1. The number of furan rings is 1. The van der Waals surface area contributed by atoms with E-state index in [1.165, 1.54) is 36.4 Å². The number of amides is 1. The third-order valence-electron chi connectivity index (χ3n) is 5.03. The molecule has 8 heteroatoms. The minimum atomic E-state index is -1.24. The molecule has 4 rings (SSSR count). The first-order valence-electron chi connectivity index (χ1n) is 10.1. The molecular weight excluding hydrogens is 432 g/mol. The number of carboxylic acids is 1. The van der Waals surface area contributed by atoms with Gasteiger partial charge >= 0.3 is 12.1 Å². The Bertz CT molecular complexity index is 1280. The number of hydrogen-bond donors (Lipinski definition) is 2. The number of rotatable bonds is 7. The smallest absolute Gasteiger partial charge is 0.408 e. The van der Waals surface area contributed by atoms with Gasteiger partial charge in [0.2, 0.25) is 0 Å². The summed E-state index contributed by atoms with van der Waals surface area (Å²) in [5.74, 6) is -1.62. The number of carbonyl (C=O) groups is 2. The van der Waals surface area contributed by atoms with E-state index in [2.05, 4.69) is 5.32 Å². The molecule has 6 nitrogen and oxygen atoms in total. The summed E-state index contributed by atoms with van der Waals surface area (Å²) in [6, 6.07) is 17.4. The Labute approximate surface area is 187 Å². The average Bonchev–Trinajstić information content (AvgIpc) is 3.21. The number of carbonyl (C=O) groups excluding carboxylic acids is 1. The van der Waals surface area contributed by atoms with Gasteiger partial charge in [-0.3, -0.25) is 0 Å². The summed E-state index contributed by atoms with van der Waals surface area (Å²) in [6.07, 6.45) is -0.946. The molecule has 0 spiro atoms. The van der Waals surface area contributed by atoms with Crippen molar-refractivity contribution in [3.8, 4) is 11.1 Å². The van der Waals surface area contributed by atoms with Crippen molar-refractivity contribution in [2.24, 2.45) is 0 Å². The minimum Gasteiger partial charge on any atom is -0.480 e. The molecular formula is C25H19F2NO5. The Morgan fingerprint density at radius 2 is 1.55 bits per heavy atom. The highest BCUT2D eigenvalue weighted by Crippen LogP contribution is 2.27. The summed E-state index contributed by atoms with van der Waals surface area (Å²) in [6.45, 7) is -0.199. The van der Waals surface area contributed by atoms with Crippen LogP contribution in [0, 0.1) is 11.6 Å². The number of carboxylic acid groups (broad SMARTS) is 1. The second-order valence-corrected chi connectivity index (χ2v) is 7.41. The molecule has 0 aliphatic carbocycles. The SMILES string of the molecule is O=C(N[C@@H](Cc1ccc(F)cc1)C(=O)O)OCc1cc2cc(-c3ccc(F)cc3)ccc2o1. The van der Waals surface area contributed by atoms with Gasteiger partial charge in [0, 0.05) is 11.8 Å². The van der Waals surface area contributed by atoms with Crippen LogP contribution in [-0.2, 0) is 22.6 Å². The highest BCUT2D eigenvalue weighted by Gasteiger charge is 2.21. The predicted octanol–water partition coefficient (Wildman–Crippen LogP) is 5.30. The van der Waals surface area contributed by atoms with E-state index in [1.807, 2.05) is 12.1 Å². The number of hydrogen-bond acceptors (Lipinski definition) is 4. The maximum atomic E-state index is 13.1. The molecule has 0 saturated heterocycles.